The Bertz CT molecular complexity index is 625. The molecule has 1 amide bonds. The smallest absolute Gasteiger partial charge is 0.226 e. The van der Waals surface area contributed by atoms with Crippen LogP contribution >= 0.6 is 0 Å². The van der Waals surface area contributed by atoms with Crippen LogP contribution in [0.1, 0.15) is 51.0 Å². The summed E-state index contributed by atoms with van der Waals surface area (Å²) in [5.41, 5.74) is 0.606. The first kappa shape index (κ1) is 19.0. The van der Waals surface area contributed by atoms with Crippen molar-refractivity contribution in [2.24, 2.45) is 17.3 Å². The molecule has 4 atom stereocenters. The molecule has 2 fully saturated rings. The van der Waals surface area contributed by atoms with E-state index < -0.39 is 0 Å². The topological polar surface area (TPSA) is 67.8 Å². The monoisotopic (exact) mass is 361 g/mol. The molecule has 144 valence electrons. The second-order valence-electron chi connectivity index (χ2n) is 7.95. The van der Waals surface area contributed by atoms with Gasteiger partial charge in [0.15, 0.2) is 0 Å². The van der Waals surface area contributed by atoms with Gasteiger partial charge in [0.2, 0.25) is 5.91 Å². The Balaban J connectivity index is 1.70. The van der Waals surface area contributed by atoms with E-state index in [1.54, 1.807) is 14.2 Å². The van der Waals surface area contributed by atoms with Crippen LogP contribution in [0.25, 0.3) is 0 Å². The van der Waals surface area contributed by atoms with Gasteiger partial charge in [0.1, 0.15) is 11.5 Å². The van der Waals surface area contributed by atoms with Gasteiger partial charge in [-0.25, -0.2) is 0 Å². The molecule has 0 spiro atoms. The van der Waals surface area contributed by atoms with Crippen molar-refractivity contribution >= 4 is 5.91 Å². The van der Waals surface area contributed by atoms with E-state index >= 15 is 0 Å². The third kappa shape index (κ3) is 3.83. The largest absolute Gasteiger partial charge is 0.497 e. The standard InChI is InChI=1S/C21H31NO4/c1-4-21(11-14-5-6-19(23)16(7-14)12-21)20(24)22-13-15-8-17(25-2)10-18(9-15)26-3/h8-10,14,16,19,23H,4-7,11-13H2,1-3H3,(H,22,24). The minimum Gasteiger partial charge on any atom is -0.497 e. The van der Waals surface area contributed by atoms with E-state index in [4.69, 9.17) is 9.47 Å². The Labute approximate surface area is 156 Å². The highest BCUT2D eigenvalue weighted by Gasteiger charge is 2.48. The maximum absolute atomic E-state index is 13.1. The first-order valence-corrected chi connectivity index (χ1v) is 9.68. The highest BCUT2D eigenvalue weighted by Crippen LogP contribution is 2.50. The SMILES string of the molecule is CCC1(C(=O)NCc2cc(OC)cc(OC)c2)CC2CCC(O)C(C2)C1. The van der Waals surface area contributed by atoms with Crippen molar-refractivity contribution in [1.82, 2.24) is 5.32 Å². The number of amides is 1. The van der Waals surface area contributed by atoms with Gasteiger partial charge in [0, 0.05) is 18.0 Å². The summed E-state index contributed by atoms with van der Waals surface area (Å²) >= 11 is 0. The fraction of sp³-hybridized carbons (Fsp3) is 0.667. The molecule has 0 aromatic heterocycles. The summed E-state index contributed by atoms with van der Waals surface area (Å²) in [6, 6.07) is 5.66. The number of hydrogen-bond acceptors (Lipinski definition) is 4. The number of nitrogens with one attached hydrogen (secondary N) is 1. The Morgan fingerprint density at radius 2 is 1.88 bits per heavy atom. The quantitative estimate of drug-likeness (QED) is 0.816. The van der Waals surface area contributed by atoms with Gasteiger partial charge in [-0.15, -0.1) is 0 Å². The molecule has 0 heterocycles. The average Bonchev–Trinajstić information content (AvgIpc) is 2.68. The molecule has 0 saturated heterocycles. The average molecular weight is 361 g/mol. The highest BCUT2D eigenvalue weighted by molar-refractivity contribution is 5.82. The number of methoxy groups -OCH3 is 2. The normalized spacial score (nSPS) is 30.5. The number of carbonyl (C=O) groups is 1. The van der Waals surface area contributed by atoms with E-state index in [2.05, 4.69) is 12.2 Å². The predicted molar refractivity (Wildman–Crippen MR) is 100 cm³/mol. The Kier molecular flexibility index (Phi) is 5.76. The molecular formula is C21H31NO4. The third-order valence-corrected chi connectivity index (χ3v) is 6.41. The Morgan fingerprint density at radius 1 is 1.19 bits per heavy atom. The van der Waals surface area contributed by atoms with Gasteiger partial charge in [-0.2, -0.15) is 0 Å². The molecule has 2 aliphatic carbocycles. The van der Waals surface area contributed by atoms with Crippen LogP contribution in [-0.2, 0) is 11.3 Å². The van der Waals surface area contributed by atoms with Crippen LogP contribution < -0.4 is 14.8 Å². The minimum absolute atomic E-state index is 0.116. The van der Waals surface area contributed by atoms with Crippen molar-refractivity contribution in [2.45, 2.75) is 58.1 Å². The van der Waals surface area contributed by atoms with E-state index in [-0.39, 0.29) is 23.3 Å². The highest BCUT2D eigenvalue weighted by atomic mass is 16.5. The zero-order valence-corrected chi connectivity index (χ0v) is 16.1. The number of aliphatic hydroxyl groups is 1. The number of benzene rings is 1. The zero-order chi connectivity index (χ0) is 18.7. The lowest BCUT2D eigenvalue weighted by molar-refractivity contribution is -0.139. The lowest BCUT2D eigenvalue weighted by Gasteiger charge is -2.47. The summed E-state index contributed by atoms with van der Waals surface area (Å²) in [5, 5.41) is 13.4. The summed E-state index contributed by atoms with van der Waals surface area (Å²) in [6.45, 7) is 2.55. The molecule has 2 saturated carbocycles. The maximum Gasteiger partial charge on any atom is 0.226 e. The molecular weight excluding hydrogens is 330 g/mol. The fourth-order valence-electron chi connectivity index (χ4n) is 4.86. The van der Waals surface area contributed by atoms with Gasteiger partial charge in [0.25, 0.3) is 0 Å². The molecule has 0 aliphatic heterocycles. The van der Waals surface area contributed by atoms with Crippen molar-refractivity contribution in [3.8, 4) is 11.5 Å². The van der Waals surface area contributed by atoms with Crippen molar-refractivity contribution in [3.63, 3.8) is 0 Å². The molecule has 2 aliphatic rings. The number of rotatable bonds is 6. The van der Waals surface area contributed by atoms with Gasteiger partial charge >= 0.3 is 0 Å². The summed E-state index contributed by atoms with van der Waals surface area (Å²) < 4.78 is 10.6. The Morgan fingerprint density at radius 3 is 2.50 bits per heavy atom. The van der Waals surface area contributed by atoms with Crippen molar-refractivity contribution in [3.05, 3.63) is 23.8 Å². The van der Waals surface area contributed by atoms with E-state index in [0.29, 0.717) is 24.0 Å². The number of hydrogen-bond donors (Lipinski definition) is 2. The summed E-state index contributed by atoms with van der Waals surface area (Å²) in [7, 11) is 3.24. The van der Waals surface area contributed by atoms with E-state index in [1.807, 2.05) is 18.2 Å². The summed E-state index contributed by atoms with van der Waals surface area (Å²) in [4.78, 5) is 13.1. The van der Waals surface area contributed by atoms with Crippen molar-refractivity contribution in [2.75, 3.05) is 14.2 Å². The lowest BCUT2D eigenvalue weighted by Crippen LogP contribution is -2.49. The fourth-order valence-corrected chi connectivity index (χ4v) is 4.86. The number of carbonyl (C=O) groups excluding carboxylic acids is 1. The van der Waals surface area contributed by atoms with Crippen molar-refractivity contribution in [1.29, 1.82) is 0 Å². The molecule has 4 unspecified atom stereocenters. The summed E-state index contributed by atoms with van der Waals surface area (Å²) in [6.07, 6.45) is 5.32. The molecule has 5 nitrogen and oxygen atoms in total. The molecule has 26 heavy (non-hydrogen) atoms. The number of ether oxygens (including phenoxy) is 2. The van der Waals surface area contributed by atoms with Crippen LogP contribution in [-0.4, -0.2) is 31.3 Å². The van der Waals surface area contributed by atoms with Crippen LogP contribution in [0, 0.1) is 17.3 Å². The zero-order valence-electron chi connectivity index (χ0n) is 16.1. The van der Waals surface area contributed by atoms with Crippen LogP contribution in [0.3, 0.4) is 0 Å². The minimum atomic E-state index is -0.349. The molecule has 1 aromatic rings. The Hall–Kier alpha value is -1.75. The third-order valence-electron chi connectivity index (χ3n) is 6.41. The van der Waals surface area contributed by atoms with Crippen LogP contribution in [0.15, 0.2) is 18.2 Å². The summed E-state index contributed by atoms with van der Waals surface area (Å²) in [5.74, 6) is 2.39. The molecule has 0 radical (unpaired) electrons. The van der Waals surface area contributed by atoms with Gasteiger partial charge in [-0.1, -0.05) is 6.92 Å². The van der Waals surface area contributed by atoms with Gasteiger partial charge in [-0.3, -0.25) is 4.79 Å². The van der Waals surface area contributed by atoms with Crippen LogP contribution in [0.4, 0.5) is 0 Å². The molecule has 2 bridgehead atoms. The molecule has 1 aromatic carbocycles. The first-order valence-electron chi connectivity index (χ1n) is 9.68. The van der Waals surface area contributed by atoms with E-state index in [9.17, 15) is 9.90 Å². The molecule has 5 heteroatoms. The second-order valence-corrected chi connectivity index (χ2v) is 7.95. The number of fused-ring (bicyclic) bond motifs is 2. The van der Waals surface area contributed by atoms with Gasteiger partial charge < -0.3 is 19.9 Å². The van der Waals surface area contributed by atoms with Crippen LogP contribution in [0.2, 0.25) is 0 Å². The van der Waals surface area contributed by atoms with Gasteiger partial charge in [0.05, 0.1) is 20.3 Å². The molecule has 2 N–H and O–H groups in total. The lowest BCUT2D eigenvalue weighted by atomic mass is 9.58. The molecule has 3 rings (SSSR count). The van der Waals surface area contributed by atoms with E-state index in [0.717, 1.165) is 44.1 Å². The van der Waals surface area contributed by atoms with Crippen molar-refractivity contribution < 1.29 is 19.4 Å². The van der Waals surface area contributed by atoms with Gasteiger partial charge in [-0.05, 0) is 68.1 Å². The van der Waals surface area contributed by atoms with E-state index in [1.165, 1.54) is 0 Å². The van der Waals surface area contributed by atoms with Crippen LogP contribution in [0.5, 0.6) is 11.5 Å². The maximum atomic E-state index is 13.1. The number of aliphatic hydroxyl groups excluding tert-OH is 1. The first-order chi connectivity index (χ1) is 12.5. The predicted octanol–water partition coefficient (Wildman–Crippen LogP) is 3.29. The second kappa shape index (κ2) is 7.87.